The van der Waals surface area contributed by atoms with Crippen molar-refractivity contribution >= 4 is 0 Å². The number of nitriles is 1. The normalized spacial score (nSPS) is 18.9. The lowest BCUT2D eigenvalue weighted by Gasteiger charge is -2.20. The van der Waals surface area contributed by atoms with Crippen molar-refractivity contribution in [2.75, 3.05) is 0 Å². The van der Waals surface area contributed by atoms with E-state index < -0.39 is 11.6 Å². The van der Waals surface area contributed by atoms with E-state index in [-0.39, 0.29) is 17.0 Å². The van der Waals surface area contributed by atoms with Crippen molar-refractivity contribution in [2.45, 2.75) is 31.2 Å². The van der Waals surface area contributed by atoms with E-state index in [0.29, 0.717) is 5.56 Å². The van der Waals surface area contributed by atoms with Crippen molar-refractivity contribution in [2.24, 2.45) is 5.73 Å². The first-order chi connectivity index (χ1) is 7.51. The molecule has 1 unspecified atom stereocenters. The van der Waals surface area contributed by atoms with Gasteiger partial charge < -0.3 is 10.8 Å². The maximum atomic E-state index is 13.4. The van der Waals surface area contributed by atoms with Gasteiger partial charge in [0.15, 0.2) is 11.6 Å². The second-order valence-corrected chi connectivity index (χ2v) is 4.41. The van der Waals surface area contributed by atoms with Crippen LogP contribution in [0.1, 0.15) is 30.9 Å². The summed E-state index contributed by atoms with van der Waals surface area (Å²) in [4.78, 5) is 0. The van der Waals surface area contributed by atoms with Gasteiger partial charge in [-0.05, 0) is 37.5 Å². The second kappa shape index (κ2) is 3.46. The smallest absolute Gasteiger partial charge is 0.169 e. The van der Waals surface area contributed by atoms with Crippen molar-refractivity contribution in [3.8, 4) is 11.8 Å². The van der Waals surface area contributed by atoms with E-state index in [1.807, 2.05) is 6.92 Å². The second-order valence-electron chi connectivity index (χ2n) is 4.41. The Balaban J connectivity index is 2.53. The topological polar surface area (TPSA) is 70.0 Å². The van der Waals surface area contributed by atoms with Gasteiger partial charge in [-0.25, -0.2) is 4.39 Å². The van der Waals surface area contributed by atoms with E-state index in [1.165, 1.54) is 12.1 Å². The molecule has 1 aromatic carbocycles. The predicted molar refractivity (Wildman–Crippen MR) is 57.3 cm³/mol. The molecular formula is C12H13FN2O. The molecule has 2 rings (SSSR count). The minimum absolute atomic E-state index is 0.0260. The maximum Gasteiger partial charge on any atom is 0.169 e. The Morgan fingerprint density at radius 3 is 2.62 bits per heavy atom. The van der Waals surface area contributed by atoms with Crippen LogP contribution < -0.4 is 5.73 Å². The number of nitrogens with two attached hydrogens (primary N) is 1. The quantitative estimate of drug-likeness (QED) is 0.798. The van der Waals surface area contributed by atoms with Gasteiger partial charge in [0.25, 0.3) is 0 Å². The fraction of sp³-hybridized carbons (Fsp3) is 0.417. The standard InChI is InChI=1S/C12H13FN2O/c1-7(15)12(2-3-12)9-4-8(6-14)11(16)10(13)5-9/h4-5,7,16H,2-3,15H2,1H3. The molecule has 1 aliphatic rings. The van der Waals surface area contributed by atoms with Crippen LogP contribution in [0.15, 0.2) is 12.1 Å². The Morgan fingerprint density at radius 1 is 1.56 bits per heavy atom. The largest absolute Gasteiger partial charge is 0.504 e. The molecule has 0 spiro atoms. The van der Waals surface area contributed by atoms with Crippen molar-refractivity contribution in [3.05, 3.63) is 29.1 Å². The van der Waals surface area contributed by atoms with Gasteiger partial charge in [0.2, 0.25) is 0 Å². The molecular weight excluding hydrogens is 207 g/mol. The summed E-state index contributed by atoms with van der Waals surface area (Å²) in [5, 5.41) is 18.1. The first-order valence-corrected chi connectivity index (χ1v) is 5.20. The lowest BCUT2D eigenvalue weighted by molar-refractivity contribution is 0.428. The summed E-state index contributed by atoms with van der Waals surface area (Å²) in [6.45, 7) is 1.88. The first-order valence-electron chi connectivity index (χ1n) is 5.20. The Morgan fingerprint density at radius 2 is 2.19 bits per heavy atom. The molecule has 1 aliphatic carbocycles. The number of aromatic hydroxyl groups is 1. The molecule has 1 atom stereocenters. The van der Waals surface area contributed by atoms with Gasteiger partial charge in [-0.1, -0.05) is 0 Å². The van der Waals surface area contributed by atoms with E-state index in [0.717, 1.165) is 12.8 Å². The zero-order valence-corrected chi connectivity index (χ0v) is 9.00. The zero-order valence-electron chi connectivity index (χ0n) is 9.00. The molecule has 0 aliphatic heterocycles. The SMILES string of the molecule is CC(N)C1(c2cc(F)c(O)c(C#N)c2)CC1. The monoisotopic (exact) mass is 220 g/mol. The zero-order chi connectivity index (χ0) is 11.9. The van der Waals surface area contributed by atoms with E-state index in [2.05, 4.69) is 0 Å². The van der Waals surface area contributed by atoms with Crippen LogP contribution in [0.3, 0.4) is 0 Å². The number of phenols is 1. The highest BCUT2D eigenvalue weighted by Gasteiger charge is 2.47. The third kappa shape index (κ3) is 1.44. The van der Waals surface area contributed by atoms with Gasteiger partial charge in [0.05, 0.1) is 5.56 Å². The molecule has 3 N–H and O–H groups in total. The molecule has 1 fully saturated rings. The molecule has 4 heteroatoms. The lowest BCUT2D eigenvalue weighted by atomic mass is 9.88. The lowest BCUT2D eigenvalue weighted by Crippen LogP contribution is -2.31. The van der Waals surface area contributed by atoms with E-state index in [9.17, 15) is 9.50 Å². The first kappa shape index (κ1) is 10.9. The third-order valence-electron chi connectivity index (χ3n) is 3.42. The molecule has 0 aromatic heterocycles. The van der Waals surface area contributed by atoms with E-state index >= 15 is 0 Å². The summed E-state index contributed by atoms with van der Waals surface area (Å²) in [5.41, 5.74) is 6.36. The Hall–Kier alpha value is -1.60. The van der Waals surface area contributed by atoms with Crippen molar-refractivity contribution in [1.29, 1.82) is 5.26 Å². The number of hydrogen-bond donors (Lipinski definition) is 2. The van der Waals surface area contributed by atoms with Gasteiger partial charge in [-0.3, -0.25) is 0 Å². The van der Waals surface area contributed by atoms with Crippen LogP contribution in [0, 0.1) is 17.1 Å². The van der Waals surface area contributed by atoms with Crippen LogP contribution in [0.5, 0.6) is 5.75 Å². The Labute approximate surface area is 93.3 Å². The van der Waals surface area contributed by atoms with E-state index in [1.54, 1.807) is 6.07 Å². The molecule has 0 bridgehead atoms. The van der Waals surface area contributed by atoms with Crippen LogP contribution in [0.4, 0.5) is 4.39 Å². The highest BCUT2D eigenvalue weighted by Crippen LogP contribution is 2.51. The summed E-state index contributed by atoms with van der Waals surface area (Å²) in [7, 11) is 0. The maximum absolute atomic E-state index is 13.4. The predicted octanol–water partition coefficient (Wildman–Crippen LogP) is 1.78. The molecule has 0 saturated heterocycles. The average molecular weight is 220 g/mol. The van der Waals surface area contributed by atoms with Gasteiger partial charge in [0.1, 0.15) is 6.07 Å². The number of nitrogens with zero attached hydrogens (tertiary/aromatic N) is 1. The van der Waals surface area contributed by atoms with Crippen molar-refractivity contribution in [3.63, 3.8) is 0 Å². The number of phenolic OH excluding ortho intramolecular Hbond substituents is 1. The van der Waals surface area contributed by atoms with Crippen LogP contribution in [-0.2, 0) is 5.41 Å². The number of benzene rings is 1. The highest BCUT2D eigenvalue weighted by molar-refractivity contribution is 5.49. The Kier molecular flexibility index (Phi) is 2.36. The third-order valence-corrected chi connectivity index (χ3v) is 3.42. The van der Waals surface area contributed by atoms with E-state index in [4.69, 9.17) is 11.0 Å². The summed E-state index contributed by atoms with van der Waals surface area (Å²) < 4.78 is 13.4. The molecule has 0 amide bonds. The molecule has 1 aromatic rings. The Bertz CT molecular complexity index is 473. The highest BCUT2D eigenvalue weighted by atomic mass is 19.1. The molecule has 3 nitrogen and oxygen atoms in total. The van der Waals surface area contributed by atoms with Crippen LogP contribution >= 0.6 is 0 Å². The number of halogens is 1. The minimum Gasteiger partial charge on any atom is -0.504 e. The van der Waals surface area contributed by atoms with Gasteiger partial charge in [-0.2, -0.15) is 5.26 Å². The van der Waals surface area contributed by atoms with Crippen LogP contribution in [0.2, 0.25) is 0 Å². The molecule has 16 heavy (non-hydrogen) atoms. The molecule has 1 saturated carbocycles. The summed E-state index contributed by atoms with van der Waals surface area (Å²) >= 11 is 0. The number of hydrogen-bond acceptors (Lipinski definition) is 3. The summed E-state index contributed by atoms with van der Waals surface area (Å²) in [6, 6.07) is 4.52. The fourth-order valence-corrected chi connectivity index (χ4v) is 2.11. The fourth-order valence-electron chi connectivity index (χ4n) is 2.11. The molecule has 0 heterocycles. The van der Waals surface area contributed by atoms with Crippen LogP contribution in [-0.4, -0.2) is 11.1 Å². The molecule has 0 radical (unpaired) electrons. The van der Waals surface area contributed by atoms with Crippen molar-refractivity contribution in [1.82, 2.24) is 0 Å². The van der Waals surface area contributed by atoms with Crippen molar-refractivity contribution < 1.29 is 9.50 Å². The average Bonchev–Trinajstić information content (AvgIpc) is 3.02. The number of rotatable bonds is 2. The van der Waals surface area contributed by atoms with Gasteiger partial charge in [0, 0.05) is 11.5 Å². The summed E-state index contributed by atoms with van der Waals surface area (Å²) in [6.07, 6.45) is 1.81. The minimum atomic E-state index is -0.749. The molecule has 84 valence electrons. The summed E-state index contributed by atoms with van der Waals surface area (Å²) in [5.74, 6) is -1.33. The van der Waals surface area contributed by atoms with Gasteiger partial charge >= 0.3 is 0 Å². The van der Waals surface area contributed by atoms with Crippen LogP contribution in [0.25, 0.3) is 0 Å². The van der Waals surface area contributed by atoms with Gasteiger partial charge in [-0.15, -0.1) is 0 Å².